The number of nitrogens with two attached hydrogens (primary N) is 1. The van der Waals surface area contributed by atoms with Gasteiger partial charge in [-0.15, -0.1) is 0 Å². The average molecular weight is 356 g/mol. The summed E-state index contributed by atoms with van der Waals surface area (Å²) in [5, 5.41) is 13.5. The summed E-state index contributed by atoms with van der Waals surface area (Å²) in [6, 6.07) is 13.2. The Morgan fingerprint density at radius 2 is 1.77 bits per heavy atom. The number of hydrogen-bond donors (Lipinski definition) is 3. The lowest BCUT2D eigenvalue weighted by Crippen LogP contribution is -2.09. The third kappa shape index (κ3) is 3.62. The molecule has 0 saturated heterocycles. The lowest BCUT2D eigenvalue weighted by molar-refractivity contribution is 0.0180. The minimum absolute atomic E-state index is 0.0400. The van der Waals surface area contributed by atoms with E-state index in [4.69, 9.17) is 5.73 Å². The van der Waals surface area contributed by atoms with E-state index in [0.717, 1.165) is 12.5 Å². The number of rotatable bonds is 5. The molecule has 26 heavy (non-hydrogen) atoms. The van der Waals surface area contributed by atoms with E-state index in [9.17, 15) is 13.9 Å². The predicted octanol–water partition coefficient (Wildman–Crippen LogP) is 4.16. The largest absolute Gasteiger partial charge is 0.503 e. The first-order valence-electron chi connectivity index (χ1n) is 7.98. The molecular weight excluding hydrogens is 338 g/mol. The van der Waals surface area contributed by atoms with Crippen molar-refractivity contribution in [3.05, 3.63) is 66.0 Å². The number of aromatic nitrogens is 2. The Kier molecular flexibility index (Phi) is 4.81. The van der Waals surface area contributed by atoms with Gasteiger partial charge in [-0.2, -0.15) is 0 Å². The topological polar surface area (TPSA) is 84.1 Å². The van der Waals surface area contributed by atoms with Crippen molar-refractivity contribution in [1.29, 1.82) is 0 Å². The standard InChI is InChI=1S/C19H18F2N4O/c1-19(20,21)15-5-3-2-4-14(15)16-17(26)18(24-11-23-16)25-13-8-6-12(10-22)7-9-13/h2-9,11,26H,10,22H2,1H3,(H,23,24,25). The van der Waals surface area contributed by atoms with E-state index in [1.807, 2.05) is 12.1 Å². The van der Waals surface area contributed by atoms with Crippen LogP contribution in [0.4, 0.5) is 20.3 Å². The van der Waals surface area contributed by atoms with Crippen LogP contribution in [0.25, 0.3) is 11.3 Å². The number of aromatic hydroxyl groups is 1. The van der Waals surface area contributed by atoms with Gasteiger partial charge in [-0.1, -0.05) is 36.4 Å². The van der Waals surface area contributed by atoms with Gasteiger partial charge in [0.05, 0.1) is 0 Å². The highest BCUT2D eigenvalue weighted by Crippen LogP contribution is 2.40. The van der Waals surface area contributed by atoms with E-state index in [-0.39, 0.29) is 28.4 Å². The van der Waals surface area contributed by atoms with E-state index in [1.54, 1.807) is 18.2 Å². The molecule has 0 saturated carbocycles. The van der Waals surface area contributed by atoms with Crippen molar-refractivity contribution in [2.24, 2.45) is 5.73 Å². The fourth-order valence-corrected chi connectivity index (χ4v) is 2.60. The molecule has 1 aromatic heterocycles. The summed E-state index contributed by atoms with van der Waals surface area (Å²) in [6.45, 7) is 1.23. The maximum atomic E-state index is 13.9. The van der Waals surface area contributed by atoms with E-state index >= 15 is 0 Å². The van der Waals surface area contributed by atoms with Crippen LogP contribution in [-0.4, -0.2) is 15.1 Å². The van der Waals surface area contributed by atoms with Gasteiger partial charge >= 0.3 is 0 Å². The molecule has 0 aliphatic rings. The Hall–Kier alpha value is -3.06. The zero-order valence-electron chi connectivity index (χ0n) is 14.1. The third-order valence-electron chi connectivity index (χ3n) is 3.93. The predicted molar refractivity (Wildman–Crippen MR) is 96.3 cm³/mol. The molecule has 5 nitrogen and oxygen atoms in total. The second-order valence-electron chi connectivity index (χ2n) is 5.88. The number of nitrogens with zero attached hydrogens (tertiary/aromatic N) is 2. The van der Waals surface area contributed by atoms with Crippen LogP contribution < -0.4 is 11.1 Å². The summed E-state index contributed by atoms with van der Waals surface area (Å²) in [7, 11) is 0. The summed E-state index contributed by atoms with van der Waals surface area (Å²) in [5.74, 6) is -3.24. The highest BCUT2D eigenvalue weighted by atomic mass is 19.3. The van der Waals surface area contributed by atoms with Crippen LogP contribution in [0, 0.1) is 0 Å². The molecule has 4 N–H and O–H groups in total. The average Bonchev–Trinajstić information content (AvgIpc) is 2.63. The molecular formula is C19H18F2N4O. The Bertz CT molecular complexity index is 908. The summed E-state index contributed by atoms with van der Waals surface area (Å²) >= 11 is 0. The first-order valence-corrected chi connectivity index (χ1v) is 7.98. The van der Waals surface area contributed by atoms with Gasteiger partial charge in [-0.05, 0) is 17.7 Å². The second kappa shape index (κ2) is 7.05. The molecule has 2 aromatic carbocycles. The monoisotopic (exact) mass is 356 g/mol. The number of alkyl halides is 2. The number of benzene rings is 2. The molecule has 7 heteroatoms. The Morgan fingerprint density at radius 1 is 1.08 bits per heavy atom. The fraction of sp³-hybridized carbons (Fsp3) is 0.158. The lowest BCUT2D eigenvalue weighted by Gasteiger charge is -2.17. The van der Waals surface area contributed by atoms with Crippen LogP contribution in [0.5, 0.6) is 5.75 Å². The van der Waals surface area contributed by atoms with Crippen LogP contribution in [0.2, 0.25) is 0 Å². The van der Waals surface area contributed by atoms with Gasteiger partial charge in [0.15, 0.2) is 11.6 Å². The van der Waals surface area contributed by atoms with E-state index in [1.165, 1.54) is 24.5 Å². The van der Waals surface area contributed by atoms with Gasteiger partial charge in [0.25, 0.3) is 5.92 Å². The first-order chi connectivity index (χ1) is 12.4. The lowest BCUT2D eigenvalue weighted by atomic mass is 9.99. The van der Waals surface area contributed by atoms with E-state index in [2.05, 4.69) is 15.3 Å². The number of halogens is 2. The molecule has 0 fully saturated rings. The molecule has 134 valence electrons. The maximum absolute atomic E-state index is 13.9. The van der Waals surface area contributed by atoms with E-state index < -0.39 is 5.92 Å². The molecule has 0 amide bonds. The highest BCUT2D eigenvalue weighted by Gasteiger charge is 2.29. The molecule has 0 aliphatic carbocycles. The normalized spacial score (nSPS) is 11.4. The molecule has 1 heterocycles. The van der Waals surface area contributed by atoms with Crippen molar-refractivity contribution in [2.75, 3.05) is 5.32 Å². The highest BCUT2D eigenvalue weighted by molar-refractivity contribution is 5.76. The van der Waals surface area contributed by atoms with Crippen LogP contribution in [0.15, 0.2) is 54.9 Å². The van der Waals surface area contributed by atoms with Crippen molar-refractivity contribution in [2.45, 2.75) is 19.4 Å². The van der Waals surface area contributed by atoms with Crippen molar-refractivity contribution in [3.8, 4) is 17.0 Å². The zero-order chi connectivity index (χ0) is 18.7. The smallest absolute Gasteiger partial charge is 0.271 e. The molecule has 3 rings (SSSR count). The minimum Gasteiger partial charge on any atom is -0.503 e. The van der Waals surface area contributed by atoms with Gasteiger partial charge in [0.2, 0.25) is 0 Å². The molecule has 0 aliphatic heterocycles. The number of nitrogens with one attached hydrogen (secondary N) is 1. The van der Waals surface area contributed by atoms with Crippen molar-refractivity contribution < 1.29 is 13.9 Å². The van der Waals surface area contributed by atoms with E-state index in [0.29, 0.717) is 12.2 Å². The molecule has 3 aromatic rings. The Morgan fingerprint density at radius 3 is 2.42 bits per heavy atom. The molecule has 0 atom stereocenters. The van der Waals surface area contributed by atoms with Crippen molar-refractivity contribution in [1.82, 2.24) is 9.97 Å². The van der Waals surface area contributed by atoms with Gasteiger partial charge in [0.1, 0.15) is 12.0 Å². The van der Waals surface area contributed by atoms with Crippen molar-refractivity contribution >= 4 is 11.5 Å². The maximum Gasteiger partial charge on any atom is 0.271 e. The summed E-state index contributed by atoms with van der Waals surface area (Å²) in [5.41, 5.74) is 7.18. The summed E-state index contributed by atoms with van der Waals surface area (Å²) in [6.07, 6.45) is 1.22. The zero-order valence-corrected chi connectivity index (χ0v) is 14.1. The molecule has 0 spiro atoms. The Balaban J connectivity index is 2.00. The van der Waals surface area contributed by atoms with Crippen LogP contribution >= 0.6 is 0 Å². The SMILES string of the molecule is CC(F)(F)c1ccccc1-c1ncnc(Nc2ccc(CN)cc2)c1O. The van der Waals surface area contributed by atoms with Gasteiger partial charge in [-0.3, -0.25) is 0 Å². The first kappa shape index (κ1) is 17.8. The molecule has 0 radical (unpaired) electrons. The second-order valence-corrected chi connectivity index (χ2v) is 5.88. The summed E-state index contributed by atoms with van der Waals surface area (Å²) in [4.78, 5) is 8.01. The molecule has 0 unspecified atom stereocenters. The van der Waals surface area contributed by atoms with Gasteiger partial charge in [0, 0.05) is 30.3 Å². The quantitative estimate of drug-likeness (QED) is 0.639. The third-order valence-corrected chi connectivity index (χ3v) is 3.93. The molecule has 0 bridgehead atoms. The van der Waals surface area contributed by atoms with Gasteiger partial charge in [-0.25, -0.2) is 18.7 Å². The van der Waals surface area contributed by atoms with Crippen molar-refractivity contribution in [3.63, 3.8) is 0 Å². The van der Waals surface area contributed by atoms with Crippen LogP contribution in [0.3, 0.4) is 0 Å². The number of hydrogen-bond acceptors (Lipinski definition) is 5. The van der Waals surface area contributed by atoms with Gasteiger partial charge < -0.3 is 16.2 Å². The van der Waals surface area contributed by atoms with Crippen LogP contribution in [-0.2, 0) is 12.5 Å². The fourth-order valence-electron chi connectivity index (χ4n) is 2.60. The summed E-state index contributed by atoms with van der Waals surface area (Å²) < 4.78 is 27.8. The van der Waals surface area contributed by atoms with Crippen LogP contribution in [0.1, 0.15) is 18.1 Å². The number of anilines is 2. The Labute approximate surface area is 149 Å². The minimum atomic E-state index is -3.07.